The lowest BCUT2D eigenvalue weighted by Crippen LogP contribution is -2.33. The van der Waals surface area contributed by atoms with Crippen LogP contribution in [-0.4, -0.2) is 38.6 Å². The van der Waals surface area contributed by atoms with Crippen LogP contribution in [0.2, 0.25) is 0 Å². The largest absolute Gasteiger partial charge is 0.493 e. The third-order valence-electron chi connectivity index (χ3n) is 5.22. The van der Waals surface area contributed by atoms with Gasteiger partial charge < -0.3 is 20.1 Å². The molecule has 6 heteroatoms. The Hall–Kier alpha value is -3.02. The van der Waals surface area contributed by atoms with E-state index in [0.717, 1.165) is 31.2 Å². The highest BCUT2D eigenvalue weighted by Crippen LogP contribution is 2.27. The standard InChI is InChI=1S/C23H28N2O4/c1-28-20-11-10-16(14-21(20)29-2)12-13-24-22(26)17-6-5-7-18(15-17)23(27)25-19-8-3-4-9-19/h5-7,10-11,14-15,19H,3-4,8-9,12-13H2,1-2H3,(H,24,26)(H,25,27). The van der Waals surface area contributed by atoms with Crippen LogP contribution in [0.1, 0.15) is 52.0 Å². The first-order valence-corrected chi connectivity index (χ1v) is 10.0. The zero-order valence-electron chi connectivity index (χ0n) is 17.0. The van der Waals surface area contributed by atoms with Crippen molar-refractivity contribution in [3.63, 3.8) is 0 Å². The van der Waals surface area contributed by atoms with E-state index in [0.29, 0.717) is 35.6 Å². The topological polar surface area (TPSA) is 76.7 Å². The quantitative estimate of drug-likeness (QED) is 0.717. The zero-order chi connectivity index (χ0) is 20.6. The molecule has 0 aromatic heterocycles. The summed E-state index contributed by atoms with van der Waals surface area (Å²) in [5, 5.41) is 5.96. The summed E-state index contributed by atoms with van der Waals surface area (Å²) >= 11 is 0. The number of carbonyl (C=O) groups excluding carboxylic acids is 2. The number of hydrogen-bond acceptors (Lipinski definition) is 4. The first kappa shape index (κ1) is 20.7. The molecule has 1 saturated carbocycles. The van der Waals surface area contributed by atoms with Crippen molar-refractivity contribution in [1.82, 2.24) is 10.6 Å². The van der Waals surface area contributed by atoms with E-state index in [1.807, 2.05) is 18.2 Å². The van der Waals surface area contributed by atoms with Gasteiger partial charge in [0.2, 0.25) is 0 Å². The van der Waals surface area contributed by atoms with Crippen LogP contribution in [-0.2, 0) is 6.42 Å². The smallest absolute Gasteiger partial charge is 0.251 e. The Morgan fingerprint density at radius 1 is 0.931 bits per heavy atom. The number of methoxy groups -OCH3 is 2. The van der Waals surface area contributed by atoms with Crippen LogP contribution in [0.5, 0.6) is 11.5 Å². The number of benzene rings is 2. The van der Waals surface area contributed by atoms with Crippen molar-refractivity contribution in [2.24, 2.45) is 0 Å². The van der Waals surface area contributed by atoms with Gasteiger partial charge in [0.05, 0.1) is 14.2 Å². The van der Waals surface area contributed by atoms with E-state index in [9.17, 15) is 9.59 Å². The Balaban J connectivity index is 1.54. The Kier molecular flexibility index (Phi) is 7.11. The van der Waals surface area contributed by atoms with Gasteiger partial charge in [-0.05, 0) is 55.2 Å². The fourth-order valence-electron chi connectivity index (χ4n) is 3.60. The van der Waals surface area contributed by atoms with Crippen LogP contribution in [0.15, 0.2) is 42.5 Å². The van der Waals surface area contributed by atoms with E-state index in [2.05, 4.69) is 10.6 Å². The highest BCUT2D eigenvalue weighted by atomic mass is 16.5. The first-order valence-electron chi connectivity index (χ1n) is 10.0. The van der Waals surface area contributed by atoms with Gasteiger partial charge in [0.15, 0.2) is 11.5 Å². The van der Waals surface area contributed by atoms with E-state index < -0.39 is 0 Å². The molecule has 6 nitrogen and oxygen atoms in total. The molecular formula is C23H28N2O4. The number of nitrogens with one attached hydrogen (secondary N) is 2. The molecule has 0 unspecified atom stereocenters. The molecule has 0 radical (unpaired) electrons. The van der Waals surface area contributed by atoms with Gasteiger partial charge in [0, 0.05) is 23.7 Å². The first-order chi connectivity index (χ1) is 14.1. The molecule has 2 amide bonds. The molecule has 3 rings (SSSR count). The van der Waals surface area contributed by atoms with E-state index in [1.54, 1.807) is 38.5 Å². The van der Waals surface area contributed by atoms with Gasteiger partial charge in [-0.25, -0.2) is 0 Å². The molecule has 0 atom stereocenters. The third kappa shape index (κ3) is 5.50. The van der Waals surface area contributed by atoms with Gasteiger partial charge in [0.25, 0.3) is 11.8 Å². The number of carbonyl (C=O) groups is 2. The minimum absolute atomic E-state index is 0.114. The minimum atomic E-state index is -0.194. The average Bonchev–Trinajstić information content (AvgIpc) is 3.26. The van der Waals surface area contributed by atoms with Crippen molar-refractivity contribution in [3.05, 3.63) is 59.2 Å². The molecule has 0 spiro atoms. The molecule has 0 heterocycles. The monoisotopic (exact) mass is 396 g/mol. The summed E-state index contributed by atoms with van der Waals surface area (Å²) in [5.74, 6) is 1.03. The van der Waals surface area contributed by atoms with Crippen LogP contribution in [0.25, 0.3) is 0 Å². The van der Waals surface area contributed by atoms with Crippen LogP contribution >= 0.6 is 0 Å². The SMILES string of the molecule is COc1ccc(CCNC(=O)c2cccc(C(=O)NC3CCCC3)c2)cc1OC. The van der Waals surface area contributed by atoms with Crippen molar-refractivity contribution in [1.29, 1.82) is 0 Å². The molecule has 0 saturated heterocycles. The van der Waals surface area contributed by atoms with E-state index >= 15 is 0 Å². The Morgan fingerprint density at radius 3 is 2.31 bits per heavy atom. The molecule has 1 aliphatic rings. The van der Waals surface area contributed by atoms with Gasteiger partial charge >= 0.3 is 0 Å². The predicted octanol–water partition coefficient (Wildman–Crippen LogP) is 3.35. The Labute approximate surface area is 171 Å². The normalized spacial score (nSPS) is 13.7. The van der Waals surface area contributed by atoms with Crippen LogP contribution < -0.4 is 20.1 Å². The second kappa shape index (κ2) is 9.96. The fraction of sp³-hybridized carbons (Fsp3) is 0.391. The summed E-state index contributed by atoms with van der Waals surface area (Å²) in [5.41, 5.74) is 2.04. The molecule has 154 valence electrons. The third-order valence-corrected chi connectivity index (χ3v) is 5.22. The van der Waals surface area contributed by atoms with E-state index in [1.165, 1.54) is 0 Å². The lowest BCUT2D eigenvalue weighted by molar-refractivity contribution is 0.0938. The Morgan fingerprint density at radius 2 is 1.62 bits per heavy atom. The lowest BCUT2D eigenvalue weighted by Gasteiger charge is -2.12. The van der Waals surface area contributed by atoms with E-state index in [-0.39, 0.29) is 17.9 Å². The van der Waals surface area contributed by atoms with Crippen molar-refractivity contribution < 1.29 is 19.1 Å². The van der Waals surface area contributed by atoms with Gasteiger partial charge in [-0.3, -0.25) is 9.59 Å². The molecular weight excluding hydrogens is 368 g/mol. The number of rotatable bonds is 8. The lowest BCUT2D eigenvalue weighted by atomic mass is 10.1. The summed E-state index contributed by atoms with van der Waals surface area (Å²) in [4.78, 5) is 24.9. The van der Waals surface area contributed by atoms with Crippen LogP contribution in [0, 0.1) is 0 Å². The number of hydrogen-bond donors (Lipinski definition) is 2. The number of ether oxygens (including phenoxy) is 2. The highest BCUT2D eigenvalue weighted by Gasteiger charge is 2.18. The van der Waals surface area contributed by atoms with Crippen molar-refractivity contribution in [3.8, 4) is 11.5 Å². The molecule has 2 N–H and O–H groups in total. The molecule has 1 fully saturated rings. The summed E-state index contributed by atoms with van der Waals surface area (Å²) in [6, 6.07) is 12.8. The second-order valence-corrected chi connectivity index (χ2v) is 7.23. The van der Waals surface area contributed by atoms with Crippen LogP contribution in [0.4, 0.5) is 0 Å². The van der Waals surface area contributed by atoms with Crippen molar-refractivity contribution in [2.45, 2.75) is 38.1 Å². The molecule has 1 aliphatic carbocycles. The van der Waals surface area contributed by atoms with Crippen molar-refractivity contribution >= 4 is 11.8 Å². The molecule has 29 heavy (non-hydrogen) atoms. The highest BCUT2D eigenvalue weighted by molar-refractivity contribution is 5.99. The van der Waals surface area contributed by atoms with Gasteiger partial charge in [-0.2, -0.15) is 0 Å². The summed E-state index contributed by atoms with van der Waals surface area (Å²) < 4.78 is 10.5. The van der Waals surface area contributed by atoms with Crippen LogP contribution in [0.3, 0.4) is 0 Å². The average molecular weight is 396 g/mol. The van der Waals surface area contributed by atoms with E-state index in [4.69, 9.17) is 9.47 Å². The maximum absolute atomic E-state index is 12.5. The maximum Gasteiger partial charge on any atom is 0.251 e. The predicted molar refractivity (Wildman–Crippen MR) is 112 cm³/mol. The van der Waals surface area contributed by atoms with Gasteiger partial charge in [-0.15, -0.1) is 0 Å². The maximum atomic E-state index is 12.5. The molecule has 2 aromatic rings. The second-order valence-electron chi connectivity index (χ2n) is 7.23. The Bertz CT molecular complexity index is 860. The zero-order valence-corrected chi connectivity index (χ0v) is 17.0. The summed E-state index contributed by atoms with van der Waals surface area (Å²) in [6.45, 7) is 0.479. The van der Waals surface area contributed by atoms with Crippen molar-refractivity contribution in [2.75, 3.05) is 20.8 Å². The van der Waals surface area contributed by atoms with Gasteiger partial charge in [-0.1, -0.05) is 25.0 Å². The minimum Gasteiger partial charge on any atom is -0.493 e. The fourth-order valence-corrected chi connectivity index (χ4v) is 3.60. The molecule has 0 aliphatic heterocycles. The molecule has 2 aromatic carbocycles. The number of amides is 2. The van der Waals surface area contributed by atoms with Gasteiger partial charge in [0.1, 0.15) is 0 Å². The molecule has 0 bridgehead atoms. The summed E-state index contributed by atoms with van der Waals surface area (Å²) in [7, 11) is 3.19. The summed E-state index contributed by atoms with van der Waals surface area (Å²) in [6.07, 6.45) is 5.04.